The van der Waals surface area contributed by atoms with Crippen molar-refractivity contribution in [2.24, 2.45) is 0 Å². The predicted molar refractivity (Wildman–Crippen MR) is 52.0 cm³/mol. The second kappa shape index (κ2) is 3.48. The molecule has 0 aromatic heterocycles. The molecule has 12 heavy (non-hydrogen) atoms. The van der Waals surface area contributed by atoms with Crippen LogP contribution in [0.3, 0.4) is 0 Å². The molecule has 0 amide bonds. The summed E-state index contributed by atoms with van der Waals surface area (Å²) in [6.45, 7) is 6.42. The zero-order valence-electron chi connectivity index (χ0n) is 7.60. The van der Waals surface area contributed by atoms with E-state index in [1.165, 1.54) is 12.1 Å². The maximum absolute atomic E-state index is 12.5. The SMILES string of the molecule is CC(C)(C)Sc1ccc(F)cc1. The van der Waals surface area contributed by atoms with Crippen LogP contribution in [0.25, 0.3) is 0 Å². The van der Waals surface area contributed by atoms with E-state index in [2.05, 4.69) is 20.8 Å². The first-order valence-electron chi connectivity index (χ1n) is 3.92. The van der Waals surface area contributed by atoms with Crippen LogP contribution in [0.15, 0.2) is 29.2 Å². The molecule has 0 aliphatic heterocycles. The monoisotopic (exact) mass is 184 g/mol. The van der Waals surface area contributed by atoms with Crippen molar-refractivity contribution in [2.75, 3.05) is 0 Å². The minimum Gasteiger partial charge on any atom is -0.207 e. The Balaban J connectivity index is 2.71. The Morgan fingerprint density at radius 3 is 2.00 bits per heavy atom. The summed E-state index contributed by atoms with van der Waals surface area (Å²) >= 11 is 1.74. The molecule has 0 spiro atoms. The van der Waals surface area contributed by atoms with E-state index in [9.17, 15) is 4.39 Å². The van der Waals surface area contributed by atoms with Crippen LogP contribution in [0.5, 0.6) is 0 Å². The van der Waals surface area contributed by atoms with Gasteiger partial charge in [-0.05, 0) is 24.3 Å². The lowest BCUT2D eigenvalue weighted by Crippen LogP contribution is -2.06. The average molecular weight is 184 g/mol. The molecule has 0 radical (unpaired) electrons. The molecule has 0 atom stereocenters. The van der Waals surface area contributed by atoms with E-state index in [0.717, 1.165) is 4.90 Å². The van der Waals surface area contributed by atoms with Crippen LogP contribution in [0.2, 0.25) is 0 Å². The van der Waals surface area contributed by atoms with Gasteiger partial charge < -0.3 is 0 Å². The van der Waals surface area contributed by atoms with Gasteiger partial charge in [0.05, 0.1) is 0 Å². The van der Waals surface area contributed by atoms with Gasteiger partial charge in [0, 0.05) is 9.64 Å². The van der Waals surface area contributed by atoms with Crippen LogP contribution in [0, 0.1) is 5.82 Å². The van der Waals surface area contributed by atoms with Crippen molar-refractivity contribution in [2.45, 2.75) is 30.4 Å². The number of rotatable bonds is 1. The second-order valence-electron chi connectivity index (χ2n) is 3.67. The summed E-state index contributed by atoms with van der Waals surface area (Å²) in [6, 6.07) is 6.61. The van der Waals surface area contributed by atoms with Crippen LogP contribution >= 0.6 is 11.8 Å². The number of hydrogen-bond donors (Lipinski definition) is 0. The van der Waals surface area contributed by atoms with Gasteiger partial charge in [-0.15, -0.1) is 11.8 Å². The van der Waals surface area contributed by atoms with Crippen molar-refractivity contribution in [1.82, 2.24) is 0 Å². The van der Waals surface area contributed by atoms with Crippen molar-refractivity contribution in [3.8, 4) is 0 Å². The first-order valence-corrected chi connectivity index (χ1v) is 4.74. The van der Waals surface area contributed by atoms with Crippen LogP contribution in [0.1, 0.15) is 20.8 Å². The Labute approximate surface area is 77.2 Å². The number of halogens is 1. The summed E-state index contributed by atoms with van der Waals surface area (Å²) in [7, 11) is 0. The molecular weight excluding hydrogens is 171 g/mol. The highest BCUT2D eigenvalue weighted by molar-refractivity contribution is 8.00. The standard InChI is InChI=1S/C10H13FS/c1-10(2,3)12-9-6-4-8(11)5-7-9/h4-7H,1-3H3. The molecule has 1 rings (SSSR count). The van der Waals surface area contributed by atoms with Crippen molar-refractivity contribution in [1.29, 1.82) is 0 Å². The summed E-state index contributed by atoms with van der Waals surface area (Å²) in [5.74, 6) is -0.173. The molecule has 0 aliphatic rings. The Hall–Kier alpha value is -0.500. The van der Waals surface area contributed by atoms with E-state index in [0.29, 0.717) is 0 Å². The first kappa shape index (κ1) is 9.59. The molecule has 0 saturated carbocycles. The molecule has 2 heteroatoms. The fourth-order valence-corrected chi connectivity index (χ4v) is 1.84. The summed E-state index contributed by atoms with van der Waals surface area (Å²) in [5.41, 5.74) is 0. The number of thioether (sulfide) groups is 1. The fourth-order valence-electron chi connectivity index (χ4n) is 0.856. The maximum Gasteiger partial charge on any atom is 0.123 e. The molecule has 66 valence electrons. The smallest absolute Gasteiger partial charge is 0.123 e. The summed E-state index contributed by atoms with van der Waals surface area (Å²) in [6.07, 6.45) is 0. The molecule has 0 bridgehead atoms. The maximum atomic E-state index is 12.5. The average Bonchev–Trinajstić information content (AvgIpc) is 1.91. The lowest BCUT2D eigenvalue weighted by atomic mass is 10.3. The topological polar surface area (TPSA) is 0 Å². The third-order valence-corrected chi connectivity index (χ3v) is 2.36. The molecule has 0 unspecified atom stereocenters. The Morgan fingerprint density at radius 1 is 1.08 bits per heavy atom. The lowest BCUT2D eigenvalue weighted by molar-refractivity contribution is 0.626. The van der Waals surface area contributed by atoms with E-state index < -0.39 is 0 Å². The highest BCUT2D eigenvalue weighted by Gasteiger charge is 2.11. The summed E-state index contributed by atoms with van der Waals surface area (Å²) < 4.78 is 12.7. The molecule has 0 saturated heterocycles. The summed E-state index contributed by atoms with van der Waals surface area (Å²) in [4.78, 5) is 1.11. The summed E-state index contributed by atoms with van der Waals surface area (Å²) in [5, 5.41) is 0. The van der Waals surface area contributed by atoms with Crippen molar-refractivity contribution in [3.63, 3.8) is 0 Å². The lowest BCUT2D eigenvalue weighted by Gasteiger charge is -2.17. The highest BCUT2D eigenvalue weighted by atomic mass is 32.2. The fraction of sp³-hybridized carbons (Fsp3) is 0.400. The molecule has 0 fully saturated rings. The normalized spacial score (nSPS) is 11.7. The minimum atomic E-state index is -0.173. The Morgan fingerprint density at radius 2 is 1.58 bits per heavy atom. The zero-order valence-corrected chi connectivity index (χ0v) is 8.41. The second-order valence-corrected chi connectivity index (χ2v) is 5.57. The van der Waals surface area contributed by atoms with Gasteiger partial charge in [0.25, 0.3) is 0 Å². The largest absolute Gasteiger partial charge is 0.207 e. The highest BCUT2D eigenvalue weighted by Crippen LogP contribution is 2.31. The predicted octanol–water partition coefficient (Wildman–Crippen LogP) is 3.72. The van der Waals surface area contributed by atoms with Crippen molar-refractivity contribution < 1.29 is 4.39 Å². The van der Waals surface area contributed by atoms with Crippen LogP contribution in [-0.4, -0.2) is 4.75 Å². The number of hydrogen-bond acceptors (Lipinski definition) is 1. The van der Waals surface area contributed by atoms with Gasteiger partial charge in [0.2, 0.25) is 0 Å². The van der Waals surface area contributed by atoms with Crippen LogP contribution in [-0.2, 0) is 0 Å². The van der Waals surface area contributed by atoms with Crippen LogP contribution in [0.4, 0.5) is 4.39 Å². The molecule has 1 aromatic rings. The van der Waals surface area contributed by atoms with E-state index in [4.69, 9.17) is 0 Å². The molecular formula is C10H13FS. The molecule has 0 heterocycles. The third-order valence-electron chi connectivity index (χ3n) is 1.24. The molecule has 1 aromatic carbocycles. The van der Waals surface area contributed by atoms with Gasteiger partial charge in [-0.25, -0.2) is 4.39 Å². The molecule has 0 N–H and O–H groups in total. The van der Waals surface area contributed by atoms with E-state index in [1.807, 2.05) is 12.1 Å². The van der Waals surface area contributed by atoms with Crippen LogP contribution < -0.4 is 0 Å². The van der Waals surface area contributed by atoms with Crippen molar-refractivity contribution >= 4 is 11.8 Å². The van der Waals surface area contributed by atoms with Crippen molar-refractivity contribution in [3.05, 3.63) is 30.1 Å². The van der Waals surface area contributed by atoms with Gasteiger partial charge in [0.1, 0.15) is 5.82 Å². The van der Waals surface area contributed by atoms with E-state index in [-0.39, 0.29) is 10.6 Å². The molecule has 0 nitrogen and oxygen atoms in total. The van der Waals surface area contributed by atoms with Gasteiger partial charge in [-0.1, -0.05) is 20.8 Å². The van der Waals surface area contributed by atoms with Gasteiger partial charge in [-0.3, -0.25) is 0 Å². The molecule has 0 aliphatic carbocycles. The third kappa shape index (κ3) is 3.26. The van der Waals surface area contributed by atoms with Gasteiger partial charge in [-0.2, -0.15) is 0 Å². The van der Waals surface area contributed by atoms with Gasteiger partial charge >= 0.3 is 0 Å². The van der Waals surface area contributed by atoms with Gasteiger partial charge in [0.15, 0.2) is 0 Å². The van der Waals surface area contributed by atoms with E-state index in [1.54, 1.807) is 11.8 Å². The zero-order chi connectivity index (χ0) is 9.19. The Bertz CT molecular complexity index is 246. The Kier molecular flexibility index (Phi) is 2.78. The quantitative estimate of drug-likeness (QED) is 0.599. The minimum absolute atomic E-state index is 0.173. The number of benzene rings is 1. The van der Waals surface area contributed by atoms with E-state index >= 15 is 0 Å². The first-order chi connectivity index (χ1) is 5.47.